The second-order valence-corrected chi connectivity index (χ2v) is 8.02. The lowest BCUT2D eigenvalue weighted by atomic mass is 10.2. The van der Waals surface area contributed by atoms with E-state index < -0.39 is 34.3 Å². The highest BCUT2D eigenvalue weighted by Gasteiger charge is 2.19. The fourth-order valence-electron chi connectivity index (χ4n) is 2.10. The largest absolute Gasteiger partial charge is 0.343 e. The molecule has 0 bridgehead atoms. The van der Waals surface area contributed by atoms with Crippen molar-refractivity contribution in [2.45, 2.75) is 4.90 Å². The van der Waals surface area contributed by atoms with E-state index in [1.807, 2.05) is 0 Å². The monoisotopic (exact) mass is 404 g/mol. The third-order valence-corrected chi connectivity index (χ3v) is 5.45. The normalized spacial score (nSPS) is 11.0. The number of nitrogens with zero attached hydrogens (tertiary/aromatic N) is 1. The standard InChI is InChI=1S/C18H20N4O5S/c1-22(2)28(26,27)15-10-6-9-14(11-15)17(24)19-12-16(23)20-21-18(25)13-7-4-3-5-8-13/h3-11H,12H2,1-2H3,(H,19,24)(H,20,23)(H,21,25). The Hall–Kier alpha value is -3.24. The average molecular weight is 404 g/mol. The summed E-state index contributed by atoms with van der Waals surface area (Å²) in [5.74, 6) is -1.77. The highest BCUT2D eigenvalue weighted by molar-refractivity contribution is 7.89. The van der Waals surface area contributed by atoms with Crippen LogP contribution < -0.4 is 16.2 Å². The summed E-state index contributed by atoms with van der Waals surface area (Å²) in [5.41, 5.74) is 4.87. The van der Waals surface area contributed by atoms with Gasteiger partial charge in [0.15, 0.2) is 0 Å². The molecule has 9 nitrogen and oxygen atoms in total. The predicted molar refractivity (Wildman–Crippen MR) is 102 cm³/mol. The number of hydrogen-bond acceptors (Lipinski definition) is 5. The molecular weight excluding hydrogens is 384 g/mol. The molecule has 0 unspecified atom stereocenters. The molecule has 0 aliphatic rings. The zero-order valence-corrected chi connectivity index (χ0v) is 16.1. The summed E-state index contributed by atoms with van der Waals surface area (Å²) < 4.78 is 25.3. The zero-order valence-electron chi connectivity index (χ0n) is 15.3. The Balaban J connectivity index is 1.90. The molecule has 0 fully saturated rings. The lowest BCUT2D eigenvalue weighted by molar-refractivity contribution is -0.120. The Labute approximate surface area is 162 Å². The molecule has 28 heavy (non-hydrogen) atoms. The first-order chi connectivity index (χ1) is 13.2. The smallest absolute Gasteiger partial charge is 0.269 e. The molecule has 3 amide bonds. The maximum atomic E-state index is 12.2. The zero-order chi connectivity index (χ0) is 20.7. The van der Waals surface area contributed by atoms with Gasteiger partial charge in [-0.2, -0.15) is 0 Å². The first kappa shape index (κ1) is 21.1. The Morgan fingerprint density at radius 2 is 1.50 bits per heavy atom. The molecule has 0 atom stereocenters. The van der Waals surface area contributed by atoms with Gasteiger partial charge in [0.05, 0.1) is 11.4 Å². The number of amides is 3. The molecule has 0 radical (unpaired) electrons. The second kappa shape index (κ2) is 9.11. The van der Waals surface area contributed by atoms with Gasteiger partial charge < -0.3 is 5.32 Å². The van der Waals surface area contributed by atoms with Crippen molar-refractivity contribution in [1.82, 2.24) is 20.5 Å². The van der Waals surface area contributed by atoms with Crippen molar-refractivity contribution in [2.75, 3.05) is 20.6 Å². The molecule has 148 valence electrons. The van der Waals surface area contributed by atoms with Crippen LogP contribution in [0.1, 0.15) is 20.7 Å². The van der Waals surface area contributed by atoms with Crippen LogP contribution in [0.4, 0.5) is 0 Å². The van der Waals surface area contributed by atoms with Crippen molar-refractivity contribution < 1.29 is 22.8 Å². The number of benzene rings is 2. The van der Waals surface area contributed by atoms with Crippen molar-refractivity contribution in [2.24, 2.45) is 0 Å². The number of hydrogen-bond donors (Lipinski definition) is 3. The molecule has 2 aromatic rings. The van der Waals surface area contributed by atoms with Crippen LogP contribution in [-0.4, -0.2) is 51.1 Å². The van der Waals surface area contributed by atoms with Gasteiger partial charge in [0, 0.05) is 25.2 Å². The van der Waals surface area contributed by atoms with Crippen LogP contribution in [0.5, 0.6) is 0 Å². The molecule has 2 rings (SSSR count). The fraction of sp³-hybridized carbons (Fsp3) is 0.167. The minimum absolute atomic E-state index is 0.0373. The molecule has 0 heterocycles. The van der Waals surface area contributed by atoms with Crippen LogP contribution in [0.15, 0.2) is 59.5 Å². The highest BCUT2D eigenvalue weighted by Crippen LogP contribution is 2.14. The first-order valence-electron chi connectivity index (χ1n) is 8.17. The molecule has 3 N–H and O–H groups in total. The van der Waals surface area contributed by atoms with Crippen LogP contribution in [0.3, 0.4) is 0 Å². The maximum Gasteiger partial charge on any atom is 0.269 e. The molecule has 0 saturated carbocycles. The van der Waals surface area contributed by atoms with Crippen molar-refractivity contribution in [1.29, 1.82) is 0 Å². The Bertz CT molecular complexity index is 974. The van der Waals surface area contributed by atoms with E-state index in [0.717, 1.165) is 4.31 Å². The molecule has 0 aliphatic heterocycles. The molecule has 0 saturated heterocycles. The van der Waals surface area contributed by atoms with Gasteiger partial charge >= 0.3 is 0 Å². The first-order valence-corrected chi connectivity index (χ1v) is 9.61. The Morgan fingerprint density at radius 1 is 0.857 bits per heavy atom. The lowest BCUT2D eigenvalue weighted by Crippen LogP contribution is -2.46. The van der Waals surface area contributed by atoms with Gasteiger partial charge in [-0.05, 0) is 30.3 Å². The summed E-state index contributed by atoms with van der Waals surface area (Å²) in [4.78, 5) is 35.7. The van der Waals surface area contributed by atoms with Crippen LogP contribution in [0.25, 0.3) is 0 Å². The molecule has 10 heteroatoms. The number of rotatable bonds is 6. The van der Waals surface area contributed by atoms with Crippen molar-refractivity contribution in [3.05, 3.63) is 65.7 Å². The summed E-state index contributed by atoms with van der Waals surface area (Å²) in [6.07, 6.45) is 0. The maximum absolute atomic E-state index is 12.2. The van der Waals surface area contributed by atoms with E-state index in [1.165, 1.54) is 38.4 Å². The van der Waals surface area contributed by atoms with Gasteiger partial charge in [0.2, 0.25) is 10.0 Å². The van der Waals surface area contributed by atoms with E-state index in [2.05, 4.69) is 16.2 Å². The number of hydrazine groups is 1. The van der Waals surface area contributed by atoms with Crippen molar-refractivity contribution in [3.8, 4) is 0 Å². The quantitative estimate of drug-likeness (QED) is 0.590. The van der Waals surface area contributed by atoms with Crippen molar-refractivity contribution in [3.63, 3.8) is 0 Å². The molecule has 0 aliphatic carbocycles. The summed E-state index contributed by atoms with van der Waals surface area (Å²) >= 11 is 0. The number of sulfonamides is 1. The SMILES string of the molecule is CN(C)S(=O)(=O)c1cccc(C(=O)NCC(=O)NNC(=O)c2ccccc2)c1. The van der Waals surface area contributed by atoms with Gasteiger partial charge in [-0.3, -0.25) is 25.2 Å². The third-order valence-electron chi connectivity index (χ3n) is 3.64. The Morgan fingerprint density at radius 3 is 2.14 bits per heavy atom. The summed E-state index contributed by atoms with van der Waals surface area (Å²) in [5, 5.41) is 2.36. The van der Waals surface area contributed by atoms with Crippen LogP contribution in [0.2, 0.25) is 0 Å². The van der Waals surface area contributed by atoms with Crippen LogP contribution >= 0.6 is 0 Å². The lowest BCUT2D eigenvalue weighted by Gasteiger charge is -2.12. The van der Waals surface area contributed by atoms with E-state index in [0.29, 0.717) is 5.56 Å². The summed E-state index contributed by atoms with van der Waals surface area (Å²) in [6, 6.07) is 13.7. The molecule has 2 aromatic carbocycles. The minimum atomic E-state index is -3.68. The fourth-order valence-corrected chi connectivity index (χ4v) is 3.05. The average Bonchev–Trinajstić information content (AvgIpc) is 2.70. The molecular formula is C18H20N4O5S. The number of carbonyl (C=O) groups is 3. The van der Waals surface area contributed by atoms with Crippen LogP contribution in [-0.2, 0) is 14.8 Å². The molecule has 0 spiro atoms. The van der Waals surface area contributed by atoms with E-state index in [1.54, 1.807) is 30.3 Å². The second-order valence-electron chi connectivity index (χ2n) is 5.87. The van der Waals surface area contributed by atoms with Gasteiger partial charge in [-0.1, -0.05) is 24.3 Å². The van der Waals surface area contributed by atoms with Gasteiger partial charge in [-0.25, -0.2) is 12.7 Å². The topological polar surface area (TPSA) is 125 Å². The van der Waals surface area contributed by atoms with Gasteiger partial charge in [0.25, 0.3) is 17.7 Å². The Kier molecular flexibility index (Phi) is 6.85. The minimum Gasteiger partial charge on any atom is -0.343 e. The van der Waals surface area contributed by atoms with E-state index in [4.69, 9.17) is 0 Å². The van der Waals surface area contributed by atoms with Crippen molar-refractivity contribution >= 4 is 27.7 Å². The van der Waals surface area contributed by atoms with E-state index in [9.17, 15) is 22.8 Å². The van der Waals surface area contributed by atoms with E-state index >= 15 is 0 Å². The van der Waals surface area contributed by atoms with Gasteiger partial charge in [-0.15, -0.1) is 0 Å². The highest BCUT2D eigenvalue weighted by atomic mass is 32.2. The summed E-state index contributed by atoms with van der Waals surface area (Å²) in [6.45, 7) is -0.404. The molecule has 0 aromatic heterocycles. The third kappa shape index (κ3) is 5.38. The number of nitrogens with one attached hydrogen (secondary N) is 3. The van der Waals surface area contributed by atoms with Gasteiger partial charge in [0.1, 0.15) is 0 Å². The van der Waals surface area contributed by atoms with Crippen LogP contribution in [0, 0.1) is 0 Å². The number of carbonyl (C=O) groups excluding carboxylic acids is 3. The predicted octanol–water partition coefficient (Wildman–Crippen LogP) is 0.128. The summed E-state index contributed by atoms with van der Waals surface area (Å²) in [7, 11) is -0.912. The van der Waals surface area contributed by atoms with E-state index in [-0.39, 0.29) is 10.5 Å².